The lowest BCUT2D eigenvalue weighted by atomic mass is 10.0. The van der Waals surface area contributed by atoms with E-state index in [1.807, 2.05) is 0 Å². The highest BCUT2D eigenvalue weighted by Crippen LogP contribution is 2.35. The average Bonchev–Trinajstić information content (AvgIpc) is 3.12. The van der Waals surface area contributed by atoms with Gasteiger partial charge in [-0.25, -0.2) is 9.97 Å². The quantitative estimate of drug-likeness (QED) is 0.557. The smallest absolute Gasteiger partial charge is 0.289 e. The summed E-state index contributed by atoms with van der Waals surface area (Å²) in [4.78, 5) is 7.92. The predicted molar refractivity (Wildman–Crippen MR) is 82.8 cm³/mol. The molecule has 9 heteroatoms. The van der Waals surface area contributed by atoms with Crippen LogP contribution in [0.4, 0.5) is 13.2 Å². The summed E-state index contributed by atoms with van der Waals surface area (Å²) in [6, 6.07) is 3.45. The summed E-state index contributed by atoms with van der Waals surface area (Å²) in [7, 11) is 0. The van der Waals surface area contributed by atoms with Crippen LogP contribution in [0.5, 0.6) is 0 Å². The van der Waals surface area contributed by atoms with Crippen LogP contribution in [0.2, 0.25) is 5.02 Å². The third-order valence-corrected chi connectivity index (χ3v) is 4.07. The van der Waals surface area contributed by atoms with Crippen molar-refractivity contribution in [3.05, 3.63) is 47.3 Å². The van der Waals surface area contributed by atoms with Crippen LogP contribution in [0.3, 0.4) is 0 Å². The second-order valence-electron chi connectivity index (χ2n) is 5.35. The highest BCUT2D eigenvalue weighted by atomic mass is 35.5. The standard InChI is InChI=1S/C15H9ClF3N5/c1-7-12(8-2-9-4-21-23-13(9)10(16)3-8)14-22-11(15(17,18)19)5-24(14)6-20-7/h2-6H,1H3,(H,21,23). The van der Waals surface area contributed by atoms with Crippen molar-refractivity contribution < 1.29 is 13.2 Å². The number of aromatic nitrogens is 5. The number of hydrogen-bond acceptors (Lipinski definition) is 3. The Balaban J connectivity index is 2.03. The molecule has 24 heavy (non-hydrogen) atoms. The van der Waals surface area contributed by atoms with Gasteiger partial charge in [-0.2, -0.15) is 18.3 Å². The molecule has 0 aliphatic heterocycles. The molecule has 1 N–H and O–H groups in total. The fraction of sp³-hybridized carbons (Fsp3) is 0.133. The molecule has 0 spiro atoms. The summed E-state index contributed by atoms with van der Waals surface area (Å²) in [6.45, 7) is 1.71. The van der Waals surface area contributed by atoms with Gasteiger partial charge in [-0.3, -0.25) is 9.50 Å². The molecule has 0 saturated carbocycles. The van der Waals surface area contributed by atoms with Crippen molar-refractivity contribution in [1.82, 2.24) is 24.6 Å². The molecule has 0 saturated heterocycles. The molecule has 0 atom stereocenters. The molecule has 0 aliphatic carbocycles. The number of imidazole rings is 1. The van der Waals surface area contributed by atoms with Gasteiger partial charge in [0.05, 0.1) is 22.4 Å². The number of halogens is 4. The minimum absolute atomic E-state index is 0.175. The number of alkyl halides is 3. The van der Waals surface area contributed by atoms with E-state index in [-0.39, 0.29) is 5.65 Å². The number of rotatable bonds is 1. The van der Waals surface area contributed by atoms with E-state index >= 15 is 0 Å². The van der Waals surface area contributed by atoms with E-state index in [2.05, 4.69) is 20.2 Å². The zero-order valence-electron chi connectivity index (χ0n) is 12.2. The maximum atomic E-state index is 13.0. The summed E-state index contributed by atoms with van der Waals surface area (Å²) in [5, 5.41) is 7.87. The lowest BCUT2D eigenvalue weighted by Crippen LogP contribution is -2.04. The van der Waals surface area contributed by atoms with Crippen molar-refractivity contribution in [3.8, 4) is 11.1 Å². The Morgan fingerprint density at radius 1 is 1.25 bits per heavy atom. The summed E-state index contributed by atoms with van der Waals surface area (Å²) in [5.74, 6) is 0. The minimum Gasteiger partial charge on any atom is -0.289 e. The van der Waals surface area contributed by atoms with Crippen LogP contribution >= 0.6 is 11.6 Å². The van der Waals surface area contributed by atoms with E-state index in [1.54, 1.807) is 25.3 Å². The number of nitrogens with zero attached hydrogens (tertiary/aromatic N) is 4. The number of nitrogens with one attached hydrogen (secondary N) is 1. The Kier molecular flexibility index (Phi) is 3.08. The summed E-state index contributed by atoms with van der Waals surface area (Å²) in [5.41, 5.74) is 1.56. The number of hydrogen-bond donors (Lipinski definition) is 1. The first-order valence-corrected chi connectivity index (χ1v) is 7.27. The van der Waals surface area contributed by atoms with Crippen molar-refractivity contribution in [2.45, 2.75) is 13.1 Å². The number of H-pyrrole nitrogens is 1. The second-order valence-corrected chi connectivity index (χ2v) is 5.76. The molecule has 5 nitrogen and oxygen atoms in total. The van der Waals surface area contributed by atoms with E-state index < -0.39 is 11.9 Å². The van der Waals surface area contributed by atoms with Gasteiger partial charge in [-0.15, -0.1) is 0 Å². The Labute approximate surface area is 138 Å². The van der Waals surface area contributed by atoms with E-state index in [9.17, 15) is 13.2 Å². The lowest BCUT2D eigenvalue weighted by Gasteiger charge is -2.08. The monoisotopic (exact) mass is 351 g/mol. The fourth-order valence-electron chi connectivity index (χ4n) is 2.67. The Bertz CT molecular complexity index is 1080. The molecule has 0 bridgehead atoms. The van der Waals surface area contributed by atoms with E-state index in [0.29, 0.717) is 27.4 Å². The molecule has 4 aromatic rings. The lowest BCUT2D eigenvalue weighted by molar-refractivity contribution is -0.140. The maximum Gasteiger partial charge on any atom is 0.434 e. The number of aromatic amines is 1. The Hall–Kier alpha value is -2.61. The third-order valence-electron chi connectivity index (χ3n) is 3.77. The van der Waals surface area contributed by atoms with Gasteiger partial charge in [0, 0.05) is 17.1 Å². The van der Waals surface area contributed by atoms with Crippen molar-refractivity contribution in [3.63, 3.8) is 0 Å². The van der Waals surface area contributed by atoms with Crippen LogP contribution in [0, 0.1) is 6.92 Å². The molecular weight excluding hydrogens is 343 g/mol. The third kappa shape index (κ3) is 2.22. The minimum atomic E-state index is -4.52. The Morgan fingerprint density at radius 3 is 2.79 bits per heavy atom. The van der Waals surface area contributed by atoms with Gasteiger partial charge in [0.2, 0.25) is 0 Å². The molecular formula is C15H9ClF3N5. The van der Waals surface area contributed by atoms with Crippen LogP contribution in [0.15, 0.2) is 30.9 Å². The molecule has 0 aliphatic rings. The first kappa shape index (κ1) is 14.9. The molecule has 0 unspecified atom stereocenters. The van der Waals surface area contributed by atoms with Gasteiger partial charge >= 0.3 is 6.18 Å². The van der Waals surface area contributed by atoms with Gasteiger partial charge in [-0.1, -0.05) is 11.6 Å². The van der Waals surface area contributed by atoms with Gasteiger partial charge in [0.15, 0.2) is 5.69 Å². The van der Waals surface area contributed by atoms with Crippen molar-refractivity contribution in [1.29, 1.82) is 0 Å². The van der Waals surface area contributed by atoms with Crippen LogP contribution < -0.4 is 0 Å². The summed E-state index contributed by atoms with van der Waals surface area (Å²) >= 11 is 6.24. The SMILES string of the molecule is Cc1ncn2cc(C(F)(F)F)nc2c1-c1cc(Cl)c2[nH]ncc2c1. The topological polar surface area (TPSA) is 58.9 Å². The number of benzene rings is 1. The first-order valence-electron chi connectivity index (χ1n) is 6.89. The molecule has 122 valence electrons. The van der Waals surface area contributed by atoms with Crippen LogP contribution in [0.1, 0.15) is 11.4 Å². The zero-order valence-corrected chi connectivity index (χ0v) is 12.9. The second kappa shape index (κ2) is 4.94. The van der Waals surface area contributed by atoms with Gasteiger partial charge in [0.25, 0.3) is 0 Å². The van der Waals surface area contributed by atoms with Crippen LogP contribution in [-0.4, -0.2) is 24.6 Å². The fourth-order valence-corrected chi connectivity index (χ4v) is 2.94. The molecule has 1 aromatic carbocycles. The molecule has 0 fully saturated rings. The summed E-state index contributed by atoms with van der Waals surface area (Å²) in [6.07, 6.45) is -0.693. The number of aryl methyl sites for hydroxylation is 1. The zero-order chi connectivity index (χ0) is 17.1. The normalized spacial score (nSPS) is 12.4. The largest absolute Gasteiger partial charge is 0.434 e. The maximum absolute atomic E-state index is 13.0. The number of fused-ring (bicyclic) bond motifs is 2. The van der Waals surface area contributed by atoms with Gasteiger partial charge in [0.1, 0.15) is 12.0 Å². The average molecular weight is 352 g/mol. The van der Waals surface area contributed by atoms with Crippen molar-refractivity contribution >= 4 is 28.2 Å². The van der Waals surface area contributed by atoms with Crippen molar-refractivity contribution in [2.75, 3.05) is 0 Å². The van der Waals surface area contributed by atoms with Crippen LogP contribution in [-0.2, 0) is 6.18 Å². The highest BCUT2D eigenvalue weighted by Gasteiger charge is 2.34. The molecule has 0 radical (unpaired) electrons. The first-order chi connectivity index (χ1) is 11.3. The molecule has 0 amide bonds. The Morgan fingerprint density at radius 2 is 2.04 bits per heavy atom. The highest BCUT2D eigenvalue weighted by molar-refractivity contribution is 6.35. The van der Waals surface area contributed by atoms with Gasteiger partial charge < -0.3 is 0 Å². The molecule has 3 aromatic heterocycles. The van der Waals surface area contributed by atoms with Crippen molar-refractivity contribution in [2.24, 2.45) is 0 Å². The van der Waals surface area contributed by atoms with E-state index in [0.717, 1.165) is 11.6 Å². The van der Waals surface area contributed by atoms with E-state index in [4.69, 9.17) is 11.6 Å². The summed E-state index contributed by atoms with van der Waals surface area (Å²) < 4.78 is 40.1. The van der Waals surface area contributed by atoms with Gasteiger partial charge in [-0.05, 0) is 24.6 Å². The molecule has 4 rings (SSSR count). The van der Waals surface area contributed by atoms with Crippen LogP contribution in [0.25, 0.3) is 27.7 Å². The predicted octanol–water partition coefficient (Wildman–Crippen LogP) is 4.25. The molecule has 3 heterocycles. The van der Waals surface area contributed by atoms with E-state index in [1.165, 1.54) is 10.7 Å².